The summed E-state index contributed by atoms with van der Waals surface area (Å²) < 4.78 is 5.43. The Kier molecular flexibility index (Phi) is 6.68. The van der Waals surface area contributed by atoms with Gasteiger partial charge in [-0.15, -0.1) is 0 Å². The molecule has 21 heavy (non-hydrogen) atoms. The fraction of sp³-hybridized carbons (Fsp3) is 0.467. The molecule has 0 spiro atoms. The van der Waals surface area contributed by atoms with Crippen molar-refractivity contribution < 1.29 is 14.4 Å². The Morgan fingerprint density at radius 3 is 2.57 bits per heavy atom. The van der Waals surface area contributed by atoms with E-state index in [0.29, 0.717) is 5.71 Å². The van der Waals surface area contributed by atoms with E-state index < -0.39 is 6.03 Å². The van der Waals surface area contributed by atoms with E-state index >= 15 is 0 Å². The molecule has 0 aromatic heterocycles. The second-order valence-corrected chi connectivity index (χ2v) is 4.83. The summed E-state index contributed by atoms with van der Waals surface area (Å²) in [7, 11) is 1.67. The Bertz CT molecular complexity index is 510. The number of hydrazone groups is 1. The normalized spacial score (nSPS) is 11.6. The summed E-state index contributed by atoms with van der Waals surface area (Å²) >= 11 is 0. The topological polar surface area (TPSA) is 81.1 Å². The maximum Gasteiger partial charge on any atom is 0.332 e. The number of rotatable bonds is 7. The van der Waals surface area contributed by atoms with Crippen LogP contribution in [0.4, 0.5) is 4.79 Å². The molecule has 1 aromatic carbocycles. The minimum atomic E-state index is -0.671. The zero-order chi connectivity index (χ0) is 15.8. The largest absolute Gasteiger partial charge is 0.496 e. The number of hydrogen-bond donors (Lipinski definition) is 3. The summed E-state index contributed by atoms with van der Waals surface area (Å²) in [6.07, 6.45) is 0. The number of primary amides is 1. The molecule has 0 aliphatic rings. The molecule has 0 fully saturated rings. The molecular formula is C15H25N4O2+. The van der Waals surface area contributed by atoms with Crippen LogP contribution >= 0.6 is 0 Å². The van der Waals surface area contributed by atoms with Gasteiger partial charge in [-0.25, -0.2) is 10.2 Å². The summed E-state index contributed by atoms with van der Waals surface area (Å²) in [5.41, 5.74) is 10.0. The number of ether oxygens (including phenoxy) is 1. The number of carbonyl (C=O) groups excluding carboxylic acids is 1. The van der Waals surface area contributed by atoms with E-state index in [1.807, 2.05) is 25.1 Å². The zero-order valence-corrected chi connectivity index (χ0v) is 13.2. The van der Waals surface area contributed by atoms with Crippen LogP contribution in [0.3, 0.4) is 0 Å². The van der Waals surface area contributed by atoms with Gasteiger partial charge in [-0.2, -0.15) is 5.10 Å². The SMILES string of the molecule is CC[NH+](CC)Cc1cc(/C(C)=N\NC(N)=O)ccc1OC. The van der Waals surface area contributed by atoms with E-state index in [4.69, 9.17) is 10.5 Å². The minimum Gasteiger partial charge on any atom is -0.496 e. The van der Waals surface area contributed by atoms with Crippen molar-refractivity contribution in [2.45, 2.75) is 27.3 Å². The summed E-state index contributed by atoms with van der Waals surface area (Å²) in [5, 5.41) is 3.95. The number of hydrogen-bond acceptors (Lipinski definition) is 3. The van der Waals surface area contributed by atoms with Gasteiger partial charge in [0, 0.05) is 5.56 Å². The van der Waals surface area contributed by atoms with Crippen molar-refractivity contribution in [2.75, 3.05) is 20.2 Å². The van der Waals surface area contributed by atoms with Gasteiger partial charge in [-0.1, -0.05) is 0 Å². The molecule has 0 saturated carbocycles. The number of nitrogens with zero attached hydrogens (tertiary/aromatic N) is 1. The standard InChI is InChI=1S/C15H24N4O2/c1-5-19(6-2)10-13-9-12(7-8-14(13)21-4)11(3)17-18-15(16)20/h7-9H,5-6,10H2,1-4H3,(H3,16,18,20)/p+1/b17-11-. The number of nitrogens with one attached hydrogen (secondary N) is 2. The van der Waals surface area contributed by atoms with Gasteiger partial charge < -0.3 is 15.4 Å². The molecule has 0 unspecified atom stereocenters. The molecule has 0 radical (unpaired) electrons. The highest BCUT2D eigenvalue weighted by molar-refractivity contribution is 5.99. The van der Waals surface area contributed by atoms with Crippen LogP contribution in [0.5, 0.6) is 5.75 Å². The first-order chi connectivity index (χ1) is 10.0. The lowest BCUT2D eigenvalue weighted by molar-refractivity contribution is -0.910. The number of urea groups is 1. The lowest BCUT2D eigenvalue weighted by Crippen LogP contribution is -3.10. The lowest BCUT2D eigenvalue weighted by Gasteiger charge is -2.18. The highest BCUT2D eigenvalue weighted by atomic mass is 16.5. The van der Waals surface area contributed by atoms with Crippen LogP contribution < -0.4 is 20.8 Å². The van der Waals surface area contributed by atoms with Crippen LogP contribution in [-0.4, -0.2) is 31.9 Å². The first-order valence-electron chi connectivity index (χ1n) is 7.12. The molecule has 6 nitrogen and oxygen atoms in total. The first kappa shape index (κ1) is 17.0. The maximum absolute atomic E-state index is 10.7. The van der Waals surface area contributed by atoms with Gasteiger partial charge >= 0.3 is 6.03 Å². The summed E-state index contributed by atoms with van der Waals surface area (Å²) in [6.45, 7) is 9.16. The Morgan fingerprint density at radius 1 is 1.38 bits per heavy atom. The van der Waals surface area contributed by atoms with Gasteiger partial charge in [0.15, 0.2) is 0 Å². The van der Waals surface area contributed by atoms with Gasteiger partial charge in [0.05, 0.1) is 25.9 Å². The van der Waals surface area contributed by atoms with E-state index in [-0.39, 0.29) is 0 Å². The highest BCUT2D eigenvalue weighted by Crippen LogP contribution is 2.19. The second kappa shape index (κ2) is 8.26. The molecule has 1 aromatic rings. The highest BCUT2D eigenvalue weighted by Gasteiger charge is 2.12. The van der Waals surface area contributed by atoms with E-state index in [1.165, 1.54) is 4.90 Å². The van der Waals surface area contributed by atoms with Gasteiger partial charge in [0.2, 0.25) is 0 Å². The van der Waals surface area contributed by atoms with Crippen molar-refractivity contribution in [1.29, 1.82) is 0 Å². The third kappa shape index (κ3) is 5.07. The van der Waals surface area contributed by atoms with Crippen LogP contribution in [0.15, 0.2) is 23.3 Å². The van der Waals surface area contributed by atoms with Gasteiger partial charge in [-0.05, 0) is 44.5 Å². The molecule has 0 atom stereocenters. The molecule has 0 heterocycles. The smallest absolute Gasteiger partial charge is 0.332 e. The molecule has 0 saturated heterocycles. The molecule has 0 bridgehead atoms. The zero-order valence-electron chi connectivity index (χ0n) is 13.2. The van der Waals surface area contributed by atoms with Gasteiger partial charge in [0.1, 0.15) is 12.3 Å². The average molecular weight is 293 g/mol. The third-order valence-electron chi connectivity index (χ3n) is 3.47. The van der Waals surface area contributed by atoms with Crippen molar-refractivity contribution >= 4 is 11.7 Å². The quantitative estimate of drug-likeness (QED) is 0.506. The van der Waals surface area contributed by atoms with Gasteiger partial charge in [0.25, 0.3) is 0 Å². The van der Waals surface area contributed by atoms with Crippen molar-refractivity contribution in [3.05, 3.63) is 29.3 Å². The monoisotopic (exact) mass is 293 g/mol. The lowest BCUT2D eigenvalue weighted by atomic mass is 10.1. The van der Waals surface area contributed by atoms with Crippen LogP contribution in [0.25, 0.3) is 0 Å². The van der Waals surface area contributed by atoms with E-state index in [0.717, 1.165) is 36.5 Å². The first-order valence-corrected chi connectivity index (χ1v) is 7.12. The van der Waals surface area contributed by atoms with Crippen molar-refractivity contribution in [3.8, 4) is 5.75 Å². The van der Waals surface area contributed by atoms with Crippen molar-refractivity contribution in [2.24, 2.45) is 10.8 Å². The number of methoxy groups -OCH3 is 1. The van der Waals surface area contributed by atoms with E-state index in [1.54, 1.807) is 7.11 Å². The number of nitrogens with two attached hydrogens (primary N) is 1. The summed E-state index contributed by atoms with van der Waals surface area (Å²) in [4.78, 5) is 12.2. The average Bonchev–Trinajstić information content (AvgIpc) is 2.49. The van der Waals surface area contributed by atoms with Gasteiger partial charge in [-0.3, -0.25) is 0 Å². The second-order valence-electron chi connectivity index (χ2n) is 4.83. The summed E-state index contributed by atoms with van der Waals surface area (Å²) in [6, 6.07) is 5.22. The number of carbonyl (C=O) groups is 1. The van der Waals surface area contributed by atoms with Crippen molar-refractivity contribution in [3.63, 3.8) is 0 Å². The fourth-order valence-corrected chi connectivity index (χ4v) is 2.11. The molecule has 4 N–H and O–H groups in total. The molecule has 2 amide bonds. The Hall–Kier alpha value is -2.08. The predicted octanol–water partition coefficient (Wildman–Crippen LogP) is 0.512. The number of quaternary nitrogens is 1. The van der Waals surface area contributed by atoms with E-state index in [2.05, 4.69) is 24.4 Å². The molecule has 116 valence electrons. The summed E-state index contributed by atoms with van der Waals surface area (Å²) in [5.74, 6) is 0.869. The van der Waals surface area contributed by atoms with Crippen LogP contribution in [0.2, 0.25) is 0 Å². The Morgan fingerprint density at radius 2 is 2.05 bits per heavy atom. The molecule has 6 heteroatoms. The Balaban J connectivity index is 3.03. The predicted molar refractivity (Wildman–Crippen MR) is 83.7 cm³/mol. The Labute approximate surface area is 126 Å². The van der Waals surface area contributed by atoms with E-state index in [9.17, 15) is 4.79 Å². The fourth-order valence-electron chi connectivity index (χ4n) is 2.11. The molecular weight excluding hydrogens is 268 g/mol. The van der Waals surface area contributed by atoms with Crippen molar-refractivity contribution in [1.82, 2.24) is 5.43 Å². The number of benzene rings is 1. The maximum atomic E-state index is 10.7. The minimum absolute atomic E-state index is 0.671. The number of amides is 2. The molecule has 0 aliphatic carbocycles. The van der Waals surface area contributed by atoms with Crippen LogP contribution in [0, 0.1) is 0 Å². The van der Waals surface area contributed by atoms with Crippen LogP contribution in [-0.2, 0) is 6.54 Å². The third-order valence-corrected chi connectivity index (χ3v) is 3.47. The molecule has 0 aliphatic heterocycles. The van der Waals surface area contributed by atoms with Crippen LogP contribution in [0.1, 0.15) is 31.9 Å². The molecule has 1 rings (SSSR count).